The number of halogens is 2. The molecule has 0 aromatic carbocycles. The molecule has 4 nitrogen and oxygen atoms in total. The van der Waals surface area contributed by atoms with Gasteiger partial charge in [-0.2, -0.15) is 0 Å². The van der Waals surface area contributed by atoms with Gasteiger partial charge < -0.3 is 0 Å². The molecule has 0 saturated heterocycles. The van der Waals surface area contributed by atoms with Crippen LogP contribution in [0.15, 0.2) is 12.1 Å². The van der Waals surface area contributed by atoms with Crippen LogP contribution < -0.4 is 4.31 Å². The van der Waals surface area contributed by atoms with E-state index in [-0.39, 0.29) is 10.3 Å². The van der Waals surface area contributed by atoms with Crippen molar-refractivity contribution >= 4 is 38.9 Å². The summed E-state index contributed by atoms with van der Waals surface area (Å²) in [6.45, 7) is 0. The highest BCUT2D eigenvalue weighted by atomic mass is 35.5. The Kier molecular flexibility index (Phi) is 3.24. The molecule has 0 bridgehead atoms. The molecule has 0 unspecified atom stereocenters. The van der Waals surface area contributed by atoms with Crippen LogP contribution in [0.2, 0.25) is 10.3 Å². The Labute approximate surface area is 92.5 Å². The molecule has 0 aliphatic carbocycles. The molecule has 0 radical (unpaired) electrons. The fourth-order valence-corrected chi connectivity index (χ4v) is 1.84. The average molecular weight is 255 g/mol. The SMILES string of the molecule is CN(c1ccc(Cl)nc1Cl)S(C)(=O)=O. The van der Waals surface area contributed by atoms with E-state index in [0.29, 0.717) is 5.69 Å². The van der Waals surface area contributed by atoms with Crippen LogP contribution in [0.5, 0.6) is 0 Å². The minimum absolute atomic E-state index is 0.0606. The summed E-state index contributed by atoms with van der Waals surface area (Å²) >= 11 is 11.3. The van der Waals surface area contributed by atoms with Crippen LogP contribution in [-0.2, 0) is 10.0 Å². The zero-order valence-electron chi connectivity index (χ0n) is 7.53. The summed E-state index contributed by atoms with van der Waals surface area (Å²) in [7, 11) is -1.93. The normalized spacial score (nSPS) is 11.4. The maximum atomic E-state index is 11.2. The Balaban J connectivity index is 3.21. The first-order valence-corrected chi connectivity index (χ1v) is 6.19. The van der Waals surface area contributed by atoms with E-state index in [9.17, 15) is 8.42 Å². The van der Waals surface area contributed by atoms with Crippen molar-refractivity contribution in [3.05, 3.63) is 22.4 Å². The number of pyridine rings is 1. The number of hydrogen-bond donors (Lipinski definition) is 0. The summed E-state index contributed by atoms with van der Waals surface area (Å²) in [5, 5.41) is 0.283. The van der Waals surface area contributed by atoms with Gasteiger partial charge in [-0.25, -0.2) is 13.4 Å². The maximum absolute atomic E-state index is 11.2. The smallest absolute Gasteiger partial charge is 0.232 e. The van der Waals surface area contributed by atoms with Crippen molar-refractivity contribution in [2.24, 2.45) is 0 Å². The molecule has 7 heteroatoms. The number of aromatic nitrogens is 1. The highest BCUT2D eigenvalue weighted by Crippen LogP contribution is 2.25. The van der Waals surface area contributed by atoms with E-state index in [0.717, 1.165) is 10.6 Å². The second-order valence-corrected chi connectivity index (χ2v) is 5.43. The topological polar surface area (TPSA) is 50.3 Å². The molecule has 0 amide bonds. The van der Waals surface area contributed by atoms with Crippen molar-refractivity contribution in [3.8, 4) is 0 Å². The Morgan fingerprint density at radius 1 is 1.36 bits per heavy atom. The largest absolute Gasteiger partial charge is 0.270 e. The number of rotatable bonds is 2. The summed E-state index contributed by atoms with van der Waals surface area (Å²) in [4.78, 5) is 3.73. The lowest BCUT2D eigenvalue weighted by Gasteiger charge is -2.17. The number of sulfonamides is 1. The zero-order valence-corrected chi connectivity index (χ0v) is 9.86. The van der Waals surface area contributed by atoms with E-state index in [1.54, 1.807) is 0 Å². The Hall–Kier alpha value is -0.520. The summed E-state index contributed by atoms with van der Waals surface area (Å²) in [6.07, 6.45) is 1.08. The van der Waals surface area contributed by atoms with Crippen LogP contribution in [0.25, 0.3) is 0 Å². The molecule has 0 N–H and O–H groups in total. The molecule has 78 valence electrons. The quantitative estimate of drug-likeness (QED) is 0.757. The fourth-order valence-electron chi connectivity index (χ4n) is 0.818. The van der Waals surface area contributed by atoms with Gasteiger partial charge in [0.25, 0.3) is 0 Å². The van der Waals surface area contributed by atoms with Crippen molar-refractivity contribution in [1.82, 2.24) is 4.98 Å². The van der Waals surface area contributed by atoms with E-state index in [1.807, 2.05) is 0 Å². The molecule has 0 fully saturated rings. The van der Waals surface area contributed by atoms with Crippen molar-refractivity contribution in [1.29, 1.82) is 0 Å². The summed E-state index contributed by atoms with van der Waals surface area (Å²) in [5.41, 5.74) is 0.304. The van der Waals surface area contributed by atoms with Crippen molar-refractivity contribution in [3.63, 3.8) is 0 Å². The molecular weight excluding hydrogens is 247 g/mol. The maximum Gasteiger partial charge on any atom is 0.232 e. The molecule has 0 spiro atoms. The van der Waals surface area contributed by atoms with E-state index in [1.165, 1.54) is 19.2 Å². The Bertz CT molecular complexity index is 447. The number of hydrogen-bond acceptors (Lipinski definition) is 3. The molecule has 1 aromatic rings. The number of anilines is 1. The first-order chi connectivity index (χ1) is 6.32. The van der Waals surface area contributed by atoms with E-state index >= 15 is 0 Å². The third-order valence-corrected chi connectivity index (χ3v) is 3.31. The minimum Gasteiger partial charge on any atom is -0.270 e. The van der Waals surface area contributed by atoms with Crippen LogP contribution in [-0.4, -0.2) is 26.7 Å². The van der Waals surface area contributed by atoms with Crippen LogP contribution in [0, 0.1) is 0 Å². The van der Waals surface area contributed by atoms with Gasteiger partial charge in [-0.15, -0.1) is 0 Å². The van der Waals surface area contributed by atoms with E-state index in [4.69, 9.17) is 23.2 Å². The second kappa shape index (κ2) is 3.92. The second-order valence-electron chi connectivity index (χ2n) is 2.67. The Morgan fingerprint density at radius 3 is 2.36 bits per heavy atom. The lowest BCUT2D eigenvalue weighted by atomic mass is 10.4. The van der Waals surface area contributed by atoms with Gasteiger partial charge in [-0.05, 0) is 12.1 Å². The van der Waals surface area contributed by atoms with Crippen LogP contribution >= 0.6 is 23.2 Å². The lowest BCUT2D eigenvalue weighted by molar-refractivity contribution is 0.600. The molecule has 1 heterocycles. The molecule has 0 aliphatic heterocycles. The molecule has 0 atom stereocenters. The predicted molar refractivity (Wildman–Crippen MR) is 57.5 cm³/mol. The van der Waals surface area contributed by atoms with Gasteiger partial charge in [0.15, 0.2) is 5.15 Å². The average Bonchev–Trinajstić information content (AvgIpc) is 2.01. The summed E-state index contributed by atoms with van der Waals surface area (Å²) in [6, 6.07) is 2.98. The Morgan fingerprint density at radius 2 is 1.93 bits per heavy atom. The molecule has 0 saturated carbocycles. The van der Waals surface area contributed by atoms with E-state index < -0.39 is 10.0 Å². The van der Waals surface area contributed by atoms with Crippen molar-refractivity contribution in [2.75, 3.05) is 17.6 Å². The van der Waals surface area contributed by atoms with E-state index in [2.05, 4.69) is 4.98 Å². The van der Waals surface area contributed by atoms with Crippen LogP contribution in [0.4, 0.5) is 5.69 Å². The highest BCUT2D eigenvalue weighted by molar-refractivity contribution is 7.92. The highest BCUT2D eigenvalue weighted by Gasteiger charge is 2.15. The molecule has 0 aliphatic rings. The van der Waals surface area contributed by atoms with Crippen molar-refractivity contribution < 1.29 is 8.42 Å². The molecule has 1 aromatic heterocycles. The third kappa shape index (κ3) is 2.50. The standard InChI is InChI=1S/C7H8Cl2N2O2S/c1-11(14(2,12)13)5-3-4-6(8)10-7(5)9/h3-4H,1-2H3. The molecule has 1 rings (SSSR count). The predicted octanol–water partition coefficient (Wildman–Crippen LogP) is 1.78. The van der Waals surface area contributed by atoms with Crippen LogP contribution in [0.1, 0.15) is 0 Å². The van der Waals surface area contributed by atoms with Gasteiger partial charge in [-0.1, -0.05) is 23.2 Å². The van der Waals surface area contributed by atoms with Crippen LogP contribution in [0.3, 0.4) is 0 Å². The van der Waals surface area contributed by atoms with Gasteiger partial charge in [0.1, 0.15) is 5.15 Å². The summed E-state index contributed by atoms with van der Waals surface area (Å²) in [5.74, 6) is 0. The lowest BCUT2D eigenvalue weighted by Crippen LogP contribution is -2.25. The fraction of sp³-hybridized carbons (Fsp3) is 0.286. The monoisotopic (exact) mass is 254 g/mol. The molecule has 14 heavy (non-hydrogen) atoms. The third-order valence-electron chi connectivity index (χ3n) is 1.63. The number of nitrogens with zero attached hydrogens (tertiary/aromatic N) is 2. The van der Waals surface area contributed by atoms with Gasteiger partial charge >= 0.3 is 0 Å². The summed E-state index contributed by atoms with van der Waals surface area (Å²) < 4.78 is 23.4. The van der Waals surface area contributed by atoms with Gasteiger partial charge in [0.05, 0.1) is 11.9 Å². The first kappa shape index (κ1) is 11.6. The van der Waals surface area contributed by atoms with Gasteiger partial charge in [0, 0.05) is 7.05 Å². The molecular formula is C7H8Cl2N2O2S. The van der Waals surface area contributed by atoms with Gasteiger partial charge in [-0.3, -0.25) is 4.31 Å². The first-order valence-electron chi connectivity index (χ1n) is 3.58. The zero-order chi connectivity index (χ0) is 10.9. The minimum atomic E-state index is -3.33. The van der Waals surface area contributed by atoms with Crippen molar-refractivity contribution in [2.45, 2.75) is 0 Å². The van der Waals surface area contributed by atoms with Gasteiger partial charge in [0.2, 0.25) is 10.0 Å².